The van der Waals surface area contributed by atoms with E-state index in [0.717, 1.165) is 24.2 Å². The number of hydrogen-bond acceptors (Lipinski definition) is 5. The van der Waals surface area contributed by atoms with Gasteiger partial charge in [-0.05, 0) is 55.5 Å². The summed E-state index contributed by atoms with van der Waals surface area (Å²) in [7, 11) is 0. The van der Waals surface area contributed by atoms with E-state index in [-0.39, 0.29) is 24.1 Å². The molecule has 1 unspecified atom stereocenters. The van der Waals surface area contributed by atoms with Gasteiger partial charge in [-0.1, -0.05) is 26.7 Å². The summed E-state index contributed by atoms with van der Waals surface area (Å²) in [6, 6.07) is 6.15. The zero-order chi connectivity index (χ0) is 21.3. The summed E-state index contributed by atoms with van der Waals surface area (Å²) in [6.07, 6.45) is 5.46. The zero-order valence-corrected chi connectivity index (χ0v) is 17.9. The number of nitrogens with zero attached hydrogens (tertiary/aromatic N) is 1. The quantitative estimate of drug-likeness (QED) is 0.625. The monoisotopic (exact) mass is 412 g/mol. The lowest BCUT2D eigenvalue weighted by molar-refractivity contribution is -0.136. The van der Waals surface area contributed by atoms with Crippen molar-refractivity contribution in [3.63, 3.8) is 0 Å². The number of rotatable bonds is 6. The smallest absolute Gasteiger partial charge is 0.255 e. The molecule has 1 aliphatic carbocycles. The van der Waals surface area contributed by atoms with Crippen LogP contribution < -0.4 is 16.0 Å². The SMILES string of the molecule is CC(C)CN[C@H]1CCCC[C@H]1Nc1ccc2c(c1)CN(C1CCC(=O)NC1=O)C2=O. The minimum atomic E-state index is -0.568. The molecule has 162 valence electrons. The van der Waals surface area contributed by atoms with Gasteiger partial charge >= 0.3 is 0 Å². The molecular formula is C23H32N4O3. The molecular weight excluding hydrogens is 380 g/mol. The third-order valence-electron chi connectivity index (χ3n) is 6.43. The summed E-state index contributed by atoms with van der Waals surface area (Å²) in [4.78, 5) is 38.1. The molecule has 30 heavy (non-hydrogen) atoms. The van der Waals surface area contributed by atoms with Crippen molar-refractivity contribution in [2.24, 2.45) is 5.92 Å². The summed E-state index contributed by atoms with van der Waals surface area (Å²) >= 11 is 0. The van der Waals surface area contributed by atoms with E-state index in [2.05, 4.69) is 29.8 Å². The van der Waals surface area contributed by atoms with Crippen LogP contribution in [0.4, 0.5) is 5.69 Å². The van der Waals surface area contributed by atoms with E-state index in [0.29, 0.717) is 36.5 Å². The number of carbonyl (C=O) groups is 3. The van der Waals surface area contributed by atoms with Crippen LogP contribution in [0.25, 0.3) is 0 Å². The highest BCUT2D eigenvalue weighted by atomic mass is 16.2. The Bertz CT molecular complexity index is 838. The number of hydrogen-bond donors (Lipinski definition) is 3. The van der Waals surface area contributed by atoms with Crippen molar-refractivity contribution in [3.8, 4) is 0 Å². The molecule has 1 aromatic carbocycles. The maximum Gasteiger partial charge on any atom is 0.255 e. The first-order valence-corrected chi connectivity index (χ1v) is 11.2. The fourth-order valence-electron chi connectivity index (χ4n) is 4.81. The number of imide groups is 1. The predicted octanol–water partition coefficient (Wildman–Crippen LogP) is 2.42. The summed E-state index contributed by atoms with van der Waals surface area (Å²) in [6.45, 7) is 5.88. The van der Waals surface area contributed by atoms with Crippen LogP contribution in [0.3, 0.4) is 0 Å². The Balaban J connectivity index is 1.44. The van der Waals surface area contributed by atoms with Gasteiger partial charge in [-0.3, -0.25) is 19.7 Å². The van der Waals surface area contributed by atoms with Crippen LogP contribution >= 0.6 is 0 Å². The second-order valence-corrected chi connectivity index (χ2v) is 9.22. The van der Waals surface area contributed by atoms with Gasteiger partial charge in [0.2, 0.25) is 11.8 Å². The van der Waals surface area contributed by atoms with Gasteiger partial charge in [-0.25, -0.2) is 0 Å². The molecule has 0 bridgehead atoms. The van der Waals surface area contributed by atoms with Crippen molar-refractivity contribution in [2.45, 2.75) is 77.0 Å². The number of benzene rings is 1. The molecule has 2 heterocycles. The Hall–Kier alpha value is -2.41. The molecule has 3 aliphatic rings. The Morgan fingerprint density at radius 3 is 2.60 bits per heavy atom. The first kappa shape index (κ1) is 20.8. The molecule has 1 aromatic rings. The van der Waals surface area contributed by atoms with Crippen LogP contribution in [0.15, 0.2) is 18.2 Å². The molecule has 4 rings (SSSR count). The highest BCUT2D eigenvalue weighted by molar-refractivity contribution is 6.05. The van der Waals surface area contributed by atoms with E-state index in [1.807, 2.05) is 18.2 Å². The number of fused-ring (bicyclic) bond motifs is 1. The average Bonchev–Trinajstić information content (AvgIpc) is 3.03. The molecule has 0 spiro atoms. The minimum absolute atomic E-state index is 0.125. The van der Waals surface area contributed by atoms with E-state index in [1.165, 1.54) is 19.3 Å². The van der Waals surface area contributed by atoms with Crippen molar-refractivity contribution in [1.82, 2.24) is 15.5 Å². The molecule has 3 N–H and O–H groups in total. The molecule has 2 fully saturated rings. The van der Waals surface area contributed by atoms with Crippen LogP contribution in [0.2, 0.25) is 0 Å². The van der Waals surface area contributed by atoms with Gasteiger partial charge in [-0.15, -0.1) is 0 Å². The lowest BCUT2D eigenvalue weighted by atomic mass is 9.89. The summed E-state index contributed by atoms with van der Waals surface area (Å²) in [5.74, 6) is -0.135. The second kappa shape index (κ2) is 8.76. The van der Waals surface area contributed by atoms with Crippen LogP contribution in [-0.2, 0) is 16.1 Å². The lowest BCUT2D eigenvalue weighted by Crippen LogP contribution is -2.52. The molecule has 7 heteroatoms. The zero-order valence-electron chi connectivity index (χ0n) is 17.9. The third kappa shape index (κ3) is 4.36. The van der Waals surface area contributed by atoms with Gasteiger partial charge in [0.05, 0.1) is 0 Å². The van der Waals surface area contributed by atoms with Crippen molar-refractivity contribution in [3.05, 3.63) is 29.3 Å². The summed E-state index contributed by atoms with van der Waals surface area (Å²) in [5, 5.41) is 9.76. The van der Waals surface area contributed by atoms with Crippen LogP contribution in [0.1, 0.15) is 68.3 Å². The lowest BCUT2D eigenvalue weighted by Gasteiger charge is -2.34. The average molecular weight is 413 g/mol. The van der Waals surface area contributed by atoms with Gasteiger partial charge in [0.15, 0.2) is 0 Å². The fraction of sp³-hybridized carbons (Fsp3) is 0.609. The molecule has 7 nitrogen and oxygen atoms in total. The second-order valence-electron chi connectivity index (χ2n) is 9.22. The topological polar surface area (TPSA) is 90.5 Å². The predicted molar refractivity (Wildman–Crippen MR) is 115 cm³/mol. The number of amides is 3. The van der Waals surface area contributed by atoms with E-state index in [9.17, 15) is 14.4 Å². The van der Waals surface area contributed by atoms with Gasteiger partial charge < -0.3 is 15.5 Å². The Morgan fingerprint density at radius 1 is 1.10 bits per heavy atom. The first-order valence-electron chi connectivity index (χ1n) is 11.2. The Labute approximate surface area is 178 Å². The van der Waals surface area contributed by atoms with Gasteiger partial charge in [0.1, 0.15) is 6.04 Å². The number of carbonyl (C=O) groups excluding carboxylic acids is 3. The van der Waals surface area contributed by atoms with Crippen LogP contribution in [0.5, 0.6) is 0 Å². The highest BCUT2D eigenvalue weighted by Crippen LogP contribution is 2.30. The molecule has 0 radical (unpaired) electrons. The minimum Gasteiger partial charge on any atom is -0.381 e. The largest absolute Gasteiger partial charge is 0.381 e. The fourth-order valence-corrected chi connectivity index (χ4v) is 4.81. The van der Waals surface area contributed by atoms with E-state index >= 15 is 0 Å². The highest BCUT2D eigenvalue weighted by Gasteiger charge is 2.39. The standard InChI is InChI=1S/C23H32N4O3/c1-14(2)12-24-18-5-3-4-6-19(18)25-16-7-8-17-15(11-16)13-27(23(17)30)20-9-10-21(28)26-22(20)29/h7-8,11,14,18-20,24-25H,3-6,9-10,12-13H2,1-2H3,(H,26,28,29)/t18-,19+,20?/m0/s1. The van der Waals surface area contributed by atoms with Crippen LogP contribution in [-0.4, -0.2) is 47.3 Å². The van der Waals surface area contributed by atoms with Crippen molar-refractivity contribution in [1.29, 1.82) is 0 Å². The molecule has 1 saturated heterocycles. The normalized spacial score (nSPS) is 26.7. The van der Waals surface area contributed by atoms with E-state index < -0.39 is 6.04 Å². The Morgan fingerprint density at radius 2 is 1.87 bits per heavy atom. The Kier molecular flexibility index (Phi) is 6.09. The van der Waals surface area contributed by atoms with Gasteiger partial charge in [-0.2, -0.15) is 0 Å². The number of nitrogens with one attached hydrogen (secondary N) is 3. The van der Waals surface area contributed by atoms with Crippen molar-refractivity contribution >= 4 is 23.4 Å². The molecule has 3 atom stereocenters. The van der Waals surface area contributed by atoms with Gasteiger partial charge in [0.25, 0.3) is 5.91 Å². The summed E-state index contributed by atoms with van der Waals surface area (Å²) < 4.78 is 0. The van der Waals surface area contributed by atoms with Crippen molar-refractivity contribution < 1.29 is 14.4 Å². The third-order valence-corrected chi connectivity index (χ3v) is 6.43. The van der Waals surface area contributed by atoms with Crippen molar-refractivity contribution in [2.75, 3.05) is 11.9 Å². The molecule has 1 saturated carbocycles. The first-order chi connectivity index (χ1) is 14.4. The van der Waals surface area contributed by atoms with Crippen LogP contribution in [0, 0.1) is 5.92 Å². The maximum absolute atomic E-state index is 12.9. The van der Waals surface area contributed by atoms with E-state index in [1.54, 1.807) is 4.90 Å². The number of anilines is 1. The maximum atomic E-state index is 12.9. The van der Waals surface area contributed by atoms with Gasteiger partial charge in [0, 0.05) is 36.3 Å². The summed E-state index contributed by atoms with van der Waals surface area (Å²) in [5.41, 5.74) is 2.62. The van der Waals surface area contributed by atoms with E-state index in [4.69, 9.17) is 0 Å². The molecule has 3 amide bonds. The molecule has 0 aromatic heterocycles. The molecule has 2 aliphatic heterocycles. The number of piperidine rings is 1.